The van der Waals surface area contributed by atoms with Gasteiger partial charge in [-0.05, 0) is 41.4 Å². The van der Waals surface area contributed by atoms with Crippen molar-refractivity contribution in [3.05, 3.63) is 29.8 Å². The first kappa shape index (κ1) is 16.2. The van der Waals surface area contributed by atoms with Crippen molar-refractivity contribution in [1.82, 2.24) is 0 Å². The Bertz CT molecular complexity index is 507. The predicted octanol–water partition coefficient (Wildman–Crippen LogP) is 4.11. The van der Waals surface area contributed by atoms with Gasteiger partial charge in [0.1, 0.15) is 0 Å². The number of rotatable bonds is 4. The summed E-state index contributed by atoms with van der Waals surface area (Å²) in [7, 11) is -4.10. The average molecular weight is 284 g/mol. The molecule has 1 aromatic carbocycles. The molecule has 0 radical (unpaired) electrons. The second-order valence-electron chi connectivity index (χ2n) is 6.66. The topological polar surface area (TPSA) is 54.4 Å². The van der Waals surface area contributed by atoms with E-state index in [0.29, 0.717) is 11.8 Å². The summed E-state index contributed by atoms with van der Waals surface area (Å²) in [6.45, 7) is 11.0. The summed E-state index contributed by atoms with van der Waals surface area (Å²) < 4.78 is 31.1. The maximum absolute atomic E-state index is 11.0. The third-order valence-electron chi connectivity index (χ3n) is 3.24. The van der Waals surface area contributed by atoms with E-state index in [1.165, 1.54) is 12.1 Å². The molecule has 0 bridgehead atoms. The lowest BCUT2D eigenvalue weighted by Crippen LogP contribution is -2.16. The van der Waals surface area contributed by atoms with Gasteiger partial charge < -0.3 is 0 Å². The molecule has 1 atom stereocenters. The van der Waals surface area contributed by atoms with E-state index < -0.39 is 10.1 Å². The maximum Gasteiger partial charge on any atom is 0.294 e. The molecule has 0 aliphatic carbocycles. The van der Waals surface area contributed by atoms with Gasteiger partial charge in [0.05, 0.1) is 4.90 Å². The average Bonchev–Trinajstić information content (AvgIpc) is 2.23. The van der Waals surface area contributed by atoms with E-state index in [4.69, 9.17) is 4.55 Å². The lowest BCUT2D eigenvalue weighted by atomic mass is 9.76. The largest absolute Gasteiger partial charge is 0.294 e. The molecule has 19 heavy (non-hydrogen) atoms. The van der Waals surface area contributed by atoms with Gasteiger partial charge in [-0.25, -0.2) is 0 Å². The van der Waals surface area contributed by atoms with Crippen LogP contribution in [-0.2, 0) is 10.1 Å². The summed E-state index contributed by atoms with van der Waals surface area (Å²) in [6, 6.07) is 6.56. The highest BCUT2D eigenvalue weighted by molar-refractivity contribution is 7.85. The molecule has 0 fully saturated rings. The molecule has 0 amide bonds. The minimum Gasteiger partial charge on any atom is -0.282 e. The Morgan fingerprint density at radius 3 is 1.89 bits per heavy atom. The van der Waals surface area contributed by atoms with E-state index in [1.807, 2.05) is 0 Å². The van der Waals surface area contributed by atoms with Crippen LogP contribution in [0.3, 0.4) is 0 Å². The molecular weight excluding hydrogens is 260 g/mol. The van der Waals surface area contributed by atoms with E-state index in [9.17, 15) is 8.42 Å². The van der Waals surface area contributed by atoms with Crippen LogP contribution in [0, 0.1) is 11.3 Å². The summed E-state index contributed by atoms with van der Waals surface area (Å²) in [4.78, 5) is -0.0467. The molecule has 0 saturated carbocycles. The van der Waals surface area contributed by atoms with Gasteiger partial charge in [-0.2, -0.15) is 8.42 Å². The first-order valence-electron chi connectivity index (χ1n) is 6.58. The van der Waals surface area contributed by atoms with Crippen molar-refractivity contribution in [2.75, 3.05) is 0 Å². The highest BCUT2D eigenvalue weighted by Gasteiger charge is 2.23. The monoisotopic (exact) mass is 284 g/mol. The van der Waals surface area contributed by atoms with E-state index >= 15 is 0 Å². The molecular formula is C15H24O3S. The van der Waals surface area contributed by atoms with Crippen molar-refractivity contribution in [2.45, 2.75) is 51.9 Å². The Balaban J connectivity index is 3.05. The van der Waals surface area contributed by atoms with Crippen LogP contribution in [0.1, 0.15) is 52.5 Å². The molecule has 0 aromatic heterocycles. The van der Waals surface area contributed by atoms with Crippen molar-refractivity contribution >= 4 is 10.1 Å². The highest BCUT2D eigenvalue weighted by Crippen LogP contribution is 2.36. The standard InChI is InChI=1S/C15H24O3S/c1-11(2)14(10-15(3,4)5)12-6-8-13(9-7-12)19(16,17)18/h6-9,11,14H,10H2,1-5H3,(H,16,17,18). The minimum atomic E-state index is -4.10. The van der Waals surface area contributed by atoms with E-state index in [0.717, 1.165) is 12.0 Å². The summed E-state index contributed by atoms with van der Waals surface area (Å²) in [6.07, 6.45) is 1.04. The molecule has 0 saturated heterocycles. The van der Waals surface area contributed by atoms with Crippen LogP contribution in [0.2, 0.25) is 0 Å². The second kappa shape index (κ2) is 5.63. The number of benzene rings is 1. The van der Waals surface area contributed by atoms with Crippen LogP contribution in [0.5, 0.6) is 0 Å². The number of hydrogen-bond donors (Lipinski definition) is 1. The van der Waals surface area contributed by atoms with Crippen LogP contribution >= 0.6 is 0 Å². The van der Waals surface area contributed by atoms with Crippen LogP contribution < -0.4 is 0 Å². The molecule has 4 heteroatoms. The summed E-state index contributed by atoms with van der Waals surface area (Å²) >= 11 is 0. The zero-order valence-corrected chi connectivity index (χ0v) is 13.2. The zero-order chi connectivity index (χ0) is 14.8. The normalized spacial score (nSPS) is 14.7. The SMILES string of the molecule is CC(C)C(CC(C)(C)C)c1ccc(S(=O)(=O)O)cc1. The van der Waals surface area contributed by atoms with E-state index in [1.54, 1.807) is 12.1 Å². The van der Waals surface area contributed by atoms with Crippen molar-refractivity contribution in [3.63, 3.8) is 0 Å². The molecule has 1 rings (SSSR count). The van der Waals surface area contributed by atoms with Gasteiger partial charge >= 0.3 is 0 Å². The Labute approximate surface area is 116 Å². The Hall–Kier alpha value is -0.870. The Morgan fingerprint density at radius 1 is 1.11 bits per heavy atom. The van der Waals surface area contributed by atoms with Crippen LogP contribution in [0.25, 0.3) is 0 Å². The molecule has 0 aliphatic rings. The van der Waals surface area contributed by atoms with Gasteiger partial charge in [0.2, 0.25) is 0 Å². The number of hydrogen-bond acceptors (Lipinski definition) is 2. The van der Waals surface area contributed by atoms with Crippen molar-refractivity contribution in [3.8, 4) is 0 Å². The van der Waals surface area contributed by atoms with Crippen LogP contribution in [0.15, 0.2) is 29.2 Å². The first-order valence-corrected chi connectivity index (χ1v) is 8.02. The van der Waals surface area contributed by atoms with Crippen molar-refractivity contribution < 1.29 is 13.0 Å². The van der Waals surface area contributed by atoms with Gasteiger partial charge in [-0.3, -0.25) is 4.55 Å². The summed E-state index contributed by atoms with van der Waals surface area (Å²) in [5.74, 6) is 0.867. The Kier molecular flexibility index (Phi) is 4.80. The molecule has 108 valence electrons. The van der Waals surface area contributed by atoms with Crippen molar-refractivity contribution in [1.29, 1.82) is 0 Å². The fourth-order valence-electron chi connectivity index (χ4n) is 2.29. The van der Waals surface area contributed by atoms with Crippen molar-refractivity contribution in [2.24, 2.45) is 11.3 Å². The molecule has 0 heterocycles. The zero-order valence-electron chi connectivity index (χ0n) is 12.3. The van der Waals surface area contributed by atoms with Gasteiger partial charge in [0.15, 0.2) is 0 Å². The fraction of sp³-hybridized carbons (Fsp3) is 0.600. The third kappa shape index (κ3) is 4.96. The van der Waals surface area contributed by atoms with Crippen LogP contribution in [0.4, 0.5) is 0 Å². The maximum atomic E-state index is 11.0. The van der Waals surface area contributed by atoms with Crippen LogP contribution in [-0.4, -0.2) is 13.0 Å². The quantitative estimate of drug-likeness (QED) is 0.846. The van der Waals surface area contributed by atoms with Gasteiger partial charge in [0, 0.05) is 0 Å². The van der Waals surface area contributed by atoms with E-state index in [-0.39, 0.29) is 10.3 Å². The molecule has 1 aromatic rings. The van der Waals surface area contributed by atoms with Gasteiger partial charge in [-0.1, -0.05) is 46.8 Å². The first-order chi connectivity index (χ1) is 8.50. The van der Waals surface area contributed by atoms with Gasteiger partial charge in [0.25, 0.3) is 10.1 Å². The Morgan fingerprint density at radius 2 is 1.58 bits per heavy atom. The fourth-order valence-corrected chi connectivity index (χ4v) is 2.77. The smallest absolute Gasteiger partial charge is 0.282 e. The molecule has 1 N–H and O–H groups in total. The molecule has 0 aliphatic heterocycles. The summed E-state index contributed by atoms with van der Waals surface area (Å²) in [5, 5.41) is 0. The highest BCUT2D eigenvalue weighted by atomic mass is 32.2. The lowest BCUT2D eigenvalue weighted by molar-refractivity contribution is 0.301. The minimum absolute atomic E-state index is 0.0467. The second-order valence-corrected chi connectivity index (χ2v) is 8.08. The summed E-state index contributed by atoms with van der Waals surface area (Å²) in [5.41, 5.74) is 1.34. The predicted molar refractivity (Wildman–Crippen MR) is 77.9 cm³/mol. The molecule has 1 unspecified atom stereocenters. The van der Waals surface area contributed by atoms with Gasteiger partial charge in [-0.15, -0.1) is 0 Å². The van der Waals surface area contributed by atoms with E-state index in [2.05, 4.69) is 34.6 Å². The lowest BCUT2D eigenvalue weighted by Gasteiger charge is -2.29. The molecule has 3 nitrogen and oxygen atoms in total. The third-order valence-corrected chi connectivity index (χ3v) is 4.11. The molecule has 0 spiro atoms.